The van der Waals surface area contributed by atoms with Crippen LogP contribution in [0.3, 0.4) is 0 Å². The Morgan fingerprint density at radius 3 is 1.81 bits per heavy atom. The first-order chi connectivity index (χ1) is 14.9. The maximum Gasteiger partial charge on any atom is 0.261 e. The molecular formula is C26H38FNO2SSi. The van der Waals surface area contributed by atoms with Gasteiger partial charge in [0.2, 0.25) is 0 Å². The van der Waals surface area contributed by atoms with Crippen molar-refractivity contribution in [3.63, 3.8) is 0 Å². The van der Waals surface area contributed by atoms with Gasteiger partial charge in [-0.1, -0.05) is 81.4 Å². The molecule has 32 heavy (non-hydrogen) atoms. The summed E-state index contributed by atoms with van der Waals surface area (Å²) >= 11 is -1.32. The second kappa shape index (κ2) is 9.59. The minimum atomic E-state index is -2.66. The second-order valence-electron chi connectivity index (χ2n) is 10.9. The topological polar surface area (TPSA) is 44.3 Å². The largest absolute Gasteiger partial charge is 0.598 e. The van der Waals surface area contributed by atoms with Gasteiger partial charge in [-0.3, -0.25) is 0 Å². The zero-order chi connectivity index (χ0) is 23.6. The number of alkyl halides is 1. The standard InChI is InChI=1S/C26H38FNO2SSi/c1-24(2,3)31(29)28-23(26(27)18-19-26)17-20-30-32(25(4,5)6,21-13-9-7-10-14-21)22-15-11-8-12-16-22/h7-16,23,28H,17-20H2,1-6H3. The first kappa shape index (κ1) is 25.4. The minimum absolute atomic E-state index is 0.125. The lowest BCUT2D eigenvalue weighted by Gasteiger charge is -2.43. The summed E-state index contributed by atoms with van der Waals surface area (Å²) in [6.07, 6.45) is 1.53. The Hall–Kier alpha value is -1.18. The molecule has 1 aliphatic rings. The Morgan fingerprint density at radius 1 is 0.969 bits per heavy atom. The molecule has 1 aliphatic carbocycles. The van der Waals surface area contributed by atoms with Gasteiger partial charge in [0.15, 0.2) is 0 Å². The van der Waals surface area contributed by atoms with E-state index in [9.17, 15) is 4.55 Å². The van der Waals surface area contributed by atoms with Gasteiger partial charge >= 0.3 is 0 Å². The summed E-state index contributed by atoms with van der Waals surface area (Å²) in [6.45, 7) is 12.8. The van der Waals surface area contributed by atoms with Crippen molar-refractivity contribution in [2.24, 2.45) is 0 Å². The van der Waals surface area contributed by atoms with E-state index >= 15 is 4.39 Å². The van der Waals surface area contributed by atoms with Crippen LogP contribution in [0.4, 0.5) is 4.39 Å². The number of rotatable bonds is 9. The third kappa shape index (κ3) is 5.48. The second-order valence-corrected chi connectivity index (χ2v) is 17.2. The molecule has 2 aromatic rings. The highest BCUT2D eigenvalue weighted by Gasteiger charge is 2.54. The van der Waals surface area contributed by atoms with Crippen LogP contribution in [0.2, 0.25) is 5.04 Å². The van der Waals surface area contributed by atoms with E-state index in [1.807, 2.05) is 32.9 Å². The SMILES string of the molecule is CC(C)(C)[S+]([O-])NC(CCO[Si](c1ccccc1)(c1ccccc1)C(C)(C)C)C1(F)CC1. The predicted molar refractivity (Wildman–Crippen MR) is 136 cm³/mol. The van der Waals surface area contributed by atoms with Gasteiger partial charge in [0.05, 0.1) is 6.04 Å². The Labute approximate surface area is 197 Å². The molecule has 2 atom stereocenters. The molecular weight excluding hydrogens is 437 g/mol. The number of benzene rings is 2. The summed E-state index contributed by atoms with van der Waals surface area (Å²) in [5.74, 6) is 0. The number of hydrogen-bond donors (Lipinski definition) is 1. The van der Waals surface area contributed by atoms with Crippen LogP contribution in [0.25, 0.3) is 0 Å². The molecule has 0 aliphatic heterocycles. The molecule has 3 nitrogen and oxygen atoms in total. The van der Waals surface area contributed by atoms with Crippen LogP contribution >= 0.6 is 0 Å². The zero-order valence-electron chi connectivity index (χ0n) is 20.3. The fraction of sp³-hybridized carbons (Fsp3) is 0.538. The Bertz CT molecular complexity index is 823. The summed E-state index contributed by atoms with van der Waals surface area (Å²) in [6, 6.07) is 20.5. The van der Waals surface area contributed by atoms with Gasteiger partial charge in [-0.25, -0.2) is 4.39 Å². The molecule has 176 valence electrons. The van der Waals surface area contributed by atoms with Crippen LogP contribution in [0.1, 0.15) is 60.8 Å². The van der Waals surface area contributed by atoms with Gasteiger partial charge in [-0.2, -0.15) is 0 Å². The monoisotopic (exact) mass is 475 g/mol. The summed E-state index contributed by atoms with van der Waals surface area (Å²) in [7, 11) is -2.66. The smallest absolute Gasteiger partial charge is 0.261 e. The van der Waals surface area contributed by atoms with E-state index in [0.717, 1.165) is 0 Å². The number of nitrogens with one attached hydrogen (secondary N) is 1. The fourth-order valence-corrected chi connectivity index (χ4v) is 9.81. The normalized spacial score (nSPS) is 18.2. The summed E-state index contributed by atoms with van der Waals surface area (Å²) in [5.41, 5.74) is -1.28. The van der Waals surface area contributed by atoms with E-state index in [1.54, 1.807) is 0 Å². The molecule has 0 heterocycles. The van der Waals surface area contributed by atoms with E-state index in [0.29, 0.717) is 25.9 Å². The third-order valence-electron chi connectivity index (χ3n) is 6.30. The molecule has 2 unspecified atom stereocenters. The maximum absolute atomic E-state index is 15.2. The van der Waals surface area contributed by atoms with Crippen molar-refractivity contribution in [2.45, 2.75) is 82.3 Å². The van der Waals surface area contributed by atoms with E-state index in [-0.39, 0.29) is 5.04 Å². The molecule has 0 spiro atoms. The van der Waals surface area contributed by atoms with Gasteiger partial charge in [0.1, 0.15) is 10.4 Å². The highest BCUT2D eigenvalue weighted by molar-refractivity contribution is 7.90. The van der Waals surface area contributed by atoms with E-state index in [1.165, 1.54) is 10.4 Å². The molecule has 0 radical (unpaired) electrons. The van der Waals surface area contributed by atoms with Crippen molar-refractivity contribution in [1.29, 1.82) is 0 Å². The molecule has 2 aromatic carbocycles. The van der Waals surface area contributed by atoms with Gasteiger partial charge in [0, 0.05) is 18.0 Å². The Balaban J connectivity index is 1.89. The maximum atomic E-state index is 15.2. The average Bonchev–Trinajstić information content (AvgIpc) is 3.48. The number of hydrogen-bond acceptors (Lipinski definition) is 3. The first-order valence-electron chi connectivity index (χ1n) is 11.5. The van der Waals surface area contributed by atoms with E-state index < -0.39 is 36.1 Å². The average molecular weight is 476 g/mol. The van der Waals surface area contributed by atoms with Crippen LogP contribution < -0.4 is 15.1 Å². The van der Waals surface area contributed by atoms with Crippen molar-refractivity contribution < 1.29 is 13.4 Å². The summed E-state index contributed by atoms with van der Waals surface area (Å²) in [4.78, 5) is 0. The minimum Gasteiger partial charge on any atom is -0.598 e. The number of halogens is 1. The molecule has 0 saturated heterocycles. The lowest BCUT2D eigenvalue weighted by Crippen LogP contribution is -2.66. The van der Waals surface area contributed by atoms with Crippen molar-refractivity contribution in [3.8, 4) is 0 Å². The van der Waals surface area contributed by atoms with Gasteiger partial charge < -0.3 is 8.98 Å². The van der Waals surface area contributed by atoms with E-state index in [4.69, 9.17) is 4.43 Å². The lowest BCUT2D eigenvalue weighted by atomic mass is 10.1. The summed E-state index contributed by atoms with van der Waals surface area (Å²) < 4.78 is 37.5. The van der Waals surface area contributed by atoms with E-state index in [2.05, 4.69) is 74.0 Å². The molecule has 6 heteroatoms. The van der Waals surface area contributed by atoms with Crippen LogP contribution in [0.5, 0.6) is 0 Å². The van der Waals surface area contributed by atoms with Crippen LogP contribution in [0, 0.1) is 0 Å². The van der Waals surface area contributed by atoms with Crippen LogP contribution in [0.15, 0.2) is 60.7 Å². The highest BCUT2D eigenvalue weighted by Crippen LogP contribution is 2.45. The lowest BCUT2D eigenvalue weighted by molar-refractivity contribution is 0.198. The molecule has 1 saturated carbocycles. The Morgan fingerprint density at radius 2 is 1.44 bits per heavy atom. The van der Waals surface area contributed by atoms with Crippen molar-refractivity contribution in [1.82, 2.24) is 4.72 Å². The molecule has 0 amide bonds. The molecule has 0 bridgehead atoms. The van der Waals surface area contributed by atoms with Gasteiger partial charge in [0.25, 0.3) is 8.32 Å². The quantitative estimate of drug-likeness (QED) is 0.415. The highest BCUT2D eigenvalue weighted by atomic mass is 32.2. The van der Waals surface area contributed by atoms with Crippen molar-refractivity contribution in [2.75, 3.05) is 6.61 Å². The van der Waals surface area contributed by atoms with Gasteiger partial charge in [-0.15, -0.1) is 4.72 Å². The van der Waals surface area contributed by atoms with Gasteiger partial charge in [-0.05, 0) is 55.4 Å². The van der Waals surface area contributed by atoms with Crippen LogP contribution in [-0.4, -0.2) is 35.9 Å². The van der Waals surface area contributed by atoms with Crippen LogP contribution in [-0.2, 0) is 15.8 Å². The molecule has 0 aromatic heterocycles. The zero-order valence-corrected chi connectivity index (χ0v) is 22.1. The first-order valence-corrected chi connectivity index (χ1v) is 14.6. The fourth-order valence-electron chi connectivity index (χ4n) is 4.29. The van der Waals surface area contributed by atoms with Crippen molar-refractivity contribution >= 4 is 30.1 Å². The molecule has 1 fully saturated rings. The predicted octanol–water partition coefficient (Wildman–Crippen LogP) is 4.88. The molecule has 1 N–H and O–H groups in total. The summed E-state index contributed by atoms with van der Waals surface area (Å²) in [5, 5.41) is 2.30. The van der Waals surface area contributed by atoms with Crippen molar-refractivity contribution in [3.05, 3.63) is 60.7 Å². The third-order valence-corrected chi connectivity index (χ3v) is 13.0. The Kier molecular flexibility index (Phi) is 7.62. The molecule has 3 rings (SSSR count).